The summed E-state index contributed by atoms with van der Waals surface area (Å²) in [5.74, 6) is 5.95. The highest BCUT2D eigenvalue weighted by Crippen LogP contribution is 1.99. The molecule has 0 aromatic rings. The third kappa shape index (κ3) is 1.22. The van der Waals surface area contributed by atoms with Gasteiger partial charge in [0.2, 0.25) is 0 Å². The Kier molecular flexibility index (Phi) is 1.72. The van der Waals surface area contributed by atoms with Crippen LogP contribution < -0.4 is 5.84 Å². The van der Waals surface area contributed by atoms with Crippen molar-refractivity contribution >= 4 is 5.84 Å². The van der Waals surface area contributed by atoms with Gasteiger partial charge in [-0.25, -0.2) is 0 Å². The van der Waals surface area contributed by atoms with Crippen molar-refractivity contribution < 1.29 is 0 Å². The number of nitrogens with zero attached hydrogens (tertiary/aromatic N) is 2. The molecule has 0 spiro atoms. The lowest BCUT2D eigenvalue weighted by Gasteiger charge is -2.20. The smallest absolute Gasteiger partial charge is 0.147 e. The van der Waals surface area contributed by atoms with Crippen LogP contribution in [0.5, 0.6) is 0 Å². The first-order valence-electron chi connectivity index (χ1n) is 3.00. The zero-order valence-electron chi connectivity index (χ0n) is 5.54. The van der Waals surface area contributed by atoms with Crippen LogP contribution in [0.2, 0.25) is 0 Å². The van der Waals surface area contributed by atoms with E-state index in [1.165, 1.54) is 0 Å². The fourth-order valence-corrected chi connectivity index (χ4v) is 0.840. The zero-order valence-corrected chi connectivity index (χ0v) is 5.54. The van der Waals surface area contributed by atoms with E-state index in [1.54, 1.807) is 0 Å². The highest BCUT2D eigenvalue weighted by molar-refractivity contribution is 5.93. The third-order valence-corrected chi connectivity index (χ3v) is 1.42. The van der Waals surface area contributed by atoms with Gasteiger partial charge in [-0.05, 0) is 12.5 Å². The van der Waals surface area contributed by atoms with Crippen LogP contribution >= 0.6 is 0 Å². The molecule has 1 rings (SSSR count). The number of rotatable bonds is 0. The first kappa shape index (κ1) is 6.13. The van der Waals surface area contributed by atoms with E-state index in [4.69, 9.17) is 5.84 Å². The van der Waals surface area contributed by atoms with Gasteiger partial charge in [-0.15, -0.1) is 0 Å². The molecule has 0 radical (unpaired) electrons. The van der Waals surface area contributed by atoms with Crippen molar-refractivity contribution in [2.75, 3.05) is 13.6 Å². The average molecular weight is 125 g/mol. The summed E-state index contributed by atoms with van der Waals surface area (Å²) in [6.45, 7) is 1.02. The highest BCUT2D eigenvalue weighted by atomic mass is 15.2. The second-order valence-electron chi connectivity index (χ2n) is 2.10. The number of hydrazone groups is 1. The van der Waals surface area contributed by atoms with Gasteiger partial charge >= 0.3 is 0 Å². The molecule has 0 fully saturated rings. The lowest BCUT2D eigenvalue weighted by molar-refractivity contribution is 0.505. The first-order chi connectivity index (χ1) is 4.34. The van der Waals surface area contributed by atoms with E-state index in [-0.39, 0.29) is 0 Å². The van der Waals surface area contributed by atoms with E-state index in [9.17, 15) is 0 Å². The Labute approximate surface area is 54.8 Å². The fraction of sp³-hybridized carbons (Fsp3) is 0.500. The molecule has 0 aromatic carbocycles. The molecule has 0 amide bonds. The molecule has 0 unspecified atom stereocenters. The second kappa shape index (κ2) is 2.53. The largest absolute Gasteiger partial charge is 0.358 e. The molecule has 1 heterocycles. The SMILES string of the molecule is CN1CCC=C/C1=N\N. The molecule has 9 heavy (non-hydrogen) atoms. The molecule has 0 saturated carbocycles. The van der Waals surface area contributed by atoms with Crippen LogP contribution in [-0.2, 0) is 0 Å². The lowest BCUT2D eigenvalue weighted by atomic mass is 10.2. The third-order valence-electron chi connectivity index (χ3n) is 1.42. The van der Waals surface area contributed by atoms with Gasteiger partial charge in [0.1, 0.15) is 5.84 Å². The van der Waals surface area contributed by atoms with E-state index in [2.05, 4.69) is 11.2 Å². The Balaban J connectivity index is 2.68. The topological polar surface area (TPSA) is 41.6 Å². The average Bonchev–Trinajstić information content (AvgIpc) is 1.89. The molecule has 0 saturated heterocycles. The molecule has 0 aromatic heterocycles. The van der Waals surface area contributed by atoms with Crippen molar-refractivity contribution in [2.24, 2.45) is 10.9 Å². The molecular weight excluding hydrogens is 114 g/mol. The molecular formula is C6H11N3. The maximum atomic E-state index is 5.09. The van der Waals surface area contributed by atoms with Crippen LogP contribution in [0.3, 0.4) is 0 Å². The highest BCUT2D eigenvalue weighted by Gasteiger charge is 2.04. The Morgan fingerprint density at radius 3 is 3.00 bits per heavy atom. The van der Waals surface area contributed by atoms with E-state index < -0.39 is 0 Å². The van der Waals surface area contributed by atoms with Crippen LogP contribution in [0.25, 0.3) is 0 Å². The minimum absolute atomic E-state index is 0.862. The monoisotopic (exact) mass is 125 g/mol. The van der Waals surface area contributed by atoms with E-state index in [0.717, 1.165) is 18.8 Å². The van der Waals surface area contributed by atoms with Crippen molar-refractivity contribution in [1.29, 1.82) is 0 Å². The predicted octanol–water partition coefficient (Wildman–Crippen LogP) is 0.150. The molecule has 2 N–H and O–H groups in total. The molecule has 1 aliphatic heterocycles. The lowest BCUT2D eigenvalue weighted by Crippen LogP contribution is -2.29. The molecule has 1 aliphatic rings. The molecule has 0 atom stereocenters. The van der Waals surface area contributed by atoms with Crippen LogP contribution in [-0.4, -0.2) is 24.3 Å². The van der Waals surface area contributed by atoms with Crippen molar-refractivity contribution in [3.63, 3.8) is 0 Å². The standard InChI is InChI=1S/C6H11N3/c1-9-5-3-2-4-6(9)8-7/h2,4H,3,5,7H2,1H3/b8-6+. The molecule has 0 bridgehead atoms. The predicted molar refractivity (Wildman–Crippen MR) is 38.0 cm³/mol. The number of hydrogen-bond donors (Lipinski definition) is 1. The summed E-state index contributed by atoms with van der Waals surface area (Å²) in [7, 11) is 1.98. The summed E-state index contributed by atoms with van der Waals surface area (Å²) in [5.41, 5.74) is 0. The van der Waals surface area contributed by atoms with Crippen LogP contribution in [0.4, 0.5) is 0 Å². The van der Waals surface area contributed by atoms with E-state index >= 15 is 0 Å². The van der Waals surface area contributed by atoms with E-state index in [0.29, 0.717) is 0 Å². The summed E-state index contributed by atoms with van der Waals surface area (Å²) in [4.78, 5) is 2.03. The summed E-state index contributed by atoms with van der Waals surface area (Å²) in [6, 6.07) is 0. The van der Waals surface area contributed by atoms with E-state index in [1.807, 2.05) is 18.0 Å². The quantitative estimate of drug-likeness (QED) is 0.370. The van der Waals surface area contributed by atoms with Gasteiger partial charge in [-0.2, -0.15) is 5.10 Å². The summed E-state index contributed by atoms with van der Waals surface area (Å²) in [6.07, 6.45) is 5.10. The Morgan fingerprint density at radius 2 is 2.56 bits per heavy atom. The van der Waals surface area contributed by atoms with Gasteiger partial charge in [-0.3, -0.25) is 0 Å². The zero-order chi connectivity index (χ0) is 6.69. The van der Waals surface area contributed by atoms with Crippen molar-refractivity contribution in [1.82, 2.24) is 4.90 Å². The summed E-state index contributed by atoms with van der Waals surface area (Å²) < 4.78 is 0. The van der Waals surface area contributed by atoms with Crippen molar-refractivity contribution in [3.8, 4) is 0 Å². The Hall–Kier alpha value is -0.990. The second-order valence-corrected chi connectivity index (χ2v) is 2.10. The fourth-order valence-electron chi connectivity index (χ4n) is 0.840. The minimum Gasteiger partial charge on any atom is -0.358 e. The Morgan fingerprint density at radius 1 is 1.78 bits per heavy atom. The maximum Gasteiger partial charge on any atom is 0.147 e. The van der Waals surface area contributed by atoms with Crippen LogP contribution in [0, 0.1) is 0 Å². The van der Waals surface area contributed by atoms with Gasteiger partial charge in [0.15, 0.2) is 0 Å². The normalized spacial score (nSPS) is 23.2. The number of likely N-dealkylation sites (N-methyl/N-ethyl adjacent to an activating group) is 1. The van der Waals surface area contributed by atoms with Gasteiger partial charge in [0.25, 0.3) is 0 Å². The van der Waals surface area contributed by atoms with Crippen molar-refractivity contribution in [2.45, 2.75) is 6.42 Å². The molecule has 50 valence electrons. The van der Waals surface area contributed by atoms with Gasteiger partial charge in [0, 0.05) is 13.6 Å². The number of nitrogens with two attached hydrogens (primary N) is 1. The Bertz CT molecular complexity index is 146. The van der Waals surface area contributed by atoms with Gasteiger partial charge in [-0.1, -0.05) is 6.08 Å². The summed E-state index contributed by atoms with van der Waals surface area (Å²) in [5, 5.41) is 3.58. The number of hydrogen-bond acceptors (Lipinski definition) is 2. The maximum absolute atomic E-state index is 5.09. The molecule has 0 aliphatic carbocycles. The van der Waals surface area contributed by atoms with Crippen molar-refractivity contribution in [3.05, 3.63) is 12.2 Å². The minimum atomic E-state index is 0.862. The first-order valence-corrected chi connectivity index (χ1v) is 3.00. The number of amidine groups is 1. The molecule has 3 heteroatoms. The van der Waals surface area contributed by atoms with Crippen LogP contribution in [0.15, 0.2) is 17.3 Å². The van der Waals surface area contributed by atoms with Gasteiger partial charge < -0.3 is 10.7 Å². The molecule has 3 nitrogen and oxygen atoms in total. The summed E-state index contributed by atoms with van der Waals surface area (Å²) >= 11 is 0. The van der Waals surface area contributed by atoms with Crippen LogP contribution in [0.1, 0.15) is 6.42 Å². The van der Waals surface area contributed by atoms with Gasteiger partial charge in [0.05, 0.1) is 0 Å².